The number of nitrogens with zero attached hydrogens (tertiary/aromatic N) is 6. The molecule has 0 aromatic heterocycles. The van der Waals surface area contributed by atoms with Crippen LogP contribution in [0.4, 0.5) is 11.4 Å². The highest BCUT2D eigenvalue weighted by atomic mass is 35.5. The molecule has 25 heteroatoms. The Labute approximate surface area is 637 Å². The third-order valence-corrected chi connectivity index (χ3v) is 30.2. The number of Topliss-reactive ketones (excluding diaryl/α,β-unsaturated/α-hetero) is 1. The molecule has 106 heavy (non-hydrogen) atoms. The zero-order valence-corrected chi connectivity index (χ0v) is 65.8. The monoisotopic (exact) mass is 1530 g/mol. The number of piperazine rings is 2. The summed E-state index contributed by atoms with van der Waals surface area (Å²) in [6, 6.07) is 23.0. The zero-order chi connectivity index (χ0) is 75.1. The number of carbonyl (C=O) groups is 4. The van der Waals surface area contributed by atoms with Crippen LogP contribution in [0.5, 0.6) is 11.5 Å². The Morgan fingerprint density at radius 3 is 1.35 bits per heavy atom. The lowest BCUT2D eigenvalue weighted by Crippen LogP contribution is -2.59. The summed E-state index contributed by atoms with van der Waals surface area (Å²) in [6.45, 7) is 20.7. The molecule has 2 saturated carbocycles. The fraction of sp³-hybridized carbons (Fsp3) is 0.605. The summed E-state index contributed by atoms with van der Waals surface area (Å²) in [5, 5.41) is 9.20. The molecule has 3 N–H and O–H groups in total. The number of benzene rings is 4. The van der Waals surface area contributed by atoms with Crippen LogP contribution in [-0.2, 0) is 62.8 Å². The van der Waals surface area contributed by atoms with Gasteiger partial charge in [-0.25, -0.2) is 26.3 Å². The molecule has 0 radical (unpaired) electrons. The maximum absolute atomic E-state index is 13.6. The van der Waals surface area contributed by atoms with Crippen LogP contribution in [0.3, 0.4) is 0 Å². The van der Waals surface area contributed by atoms with Crippen LogP contribution in [0.2, 0.25) is 10.0 Å². The number of ether oxygens (including phenoxy) is 4. The number of hydrogen-bond acceptors (Lipinski definition) is 18. The van der Waals surface area contributed by atoms with E-state index in [-0.39, 0.29) is 58.3 Å². The van der Waals surface area contributed by atoms with Crippen molar-refractivity contribution >= 4 is 78.2 Å². The average Bonchev–Trinajstić information content (AvgIpc) is 1.47. The lowest BCUT2D eigenvalue weighted by atomic mass is 9.63. The first-order valence-corrected chi connectivity index (χ1v) is 42.3. The molecular formula is C81H108Cl2N8O13S2. The van der Waals surface area contributed by atoms with Gasteiger partial charge in [0.25, 0.3) is 11.8 Å². The molecule has 6 aliphatic heterocycles. The van der Waals surface area contributed by atoms with Gasteiger partial charge in [0.2, 0.25) is 20.0 Å². The van der Waals surface area contributed by atoms with Crippen LogP contribution in [0.25, 0.3) is 0 Å². The first-order valence-electron chi connectivity index (χ1n) is 38.4. The Hall–Kier alpha value is -6.12. The van der Waals surface area contributed by atoms with E-state index < -0.39 is 59.5 Å². The van der Waals surface area contributed by atoms with Gasteiger partial charge in [0.1, 0.15) is 28.5 Å². The molecule has 6 heterocycles. The standard InChI is InChI=1S/C41H55ClN4O6S.C40H53ClN4O7S/c1-28-7-5-16-41(51-4,26-45-19-17-44(18-20-45)23-29(2)47)36-12-9-33(36)24-46-25-40(15-6-8-31-21-34(42)11-13-35(31)40)27-52-38-14-10-32(22-37(38)46)39(48)43-53(49,50)30(28)3;1-27-6-4-15-40(51-3,25-44-18-16-43(17-19-44)23-37(46)47)34-11-8-31(34)22-45-24-39(14-5-7-29-20-32(41)10-12-33(29)39)26-52-36-13-9-30(21-35(36)45)38(48)42-53(49,50)28(27)2/h5,10-11,13-14,16,21-22,28,30,33,36H,6-9,12,15,17-20,23-27H2,1-4H3,(H,43,48);4,9-10,12-13,15,20-21,27-28,31,34H,5-8,11,14,16-19,22-26H2,1-3H3,(H,42,48)(H,46,47)/b16-5+;15-4+/t28-,30+,33-,36+,40-,41+;27-,28+,31-,34+,39-,40+/m00/s1. The van der Waals surface area contributed by atoms with Crippen LogP contribution < -0.4 is 28.7 Å². The predicted molar refractivity (Wildman–Crippen MR) is 414 cm³/mol. The molecule has 14 rings (SSSR count). The fourth-order valence-corrected chi connectivity index (χ4v) is 22.0. The molecule has 0 unspecified atom stereocenters. The number of aryl methyl sites for hydroxylation is 2. The summed E-state index contributed by atoms with van der Waals surface area (Å²) in [4.78, 5) is 64.3. The smallest absolute Gasteiger partial charge is 0.317 e. The van der Waals surface area contributed by atoms with Crippen LogP contribution >= 0.6 is 23.2 Å². The normalized spacial score (nSPS) is 32.7. The topological polar surface area (TPSA) is 237 Å². The highest BCUT2D eigenvalue weighted by Crippen LogP contribution is 2.52. The molecule has 2 spiro atoms. The number of anilines is 2. The highest BCUT2D eigenvalue weighted by Gasteiger charge is 2.53. The largest absolute Gasteiger partial charge is 0.490 e. The van der Waals surface area contributed by atoms with Crippen molar-refractivity contribution in [3.05, 3.63) is 141 Å². The van der Waals surface area contributed by atoms with Crippen LogP contribution in [0.15, 0.2) is 97.1 Å². The van der Waals surface area contributed by atoms with Crippen molar-refractivity contribution in [1.82, 2.24) is 29.0 Å². The molecule has 21 nitrogen and oxygen atoms in total. The van der Waals surface area contributed by atoms with Gasteiger partial charge >= 0.3 is 5.97 Å². The third-order valence-electron chi connectivity index (χ3n) is 25.9. The number of allylic oxidation sites excluding steroid dienone is 2. The number of carboxylic acid groups (broad SMARTS) is 1. The maximum Gasteiger partial charge on any atom is 0.317 e. The van der Waals surface area contributed by atoms with E-state index in [0.29, 0.717) is 94.8 Å². The summed E-state index contributed by atoms with van der Waals surface area (Å²) in [6.07, 6.45) is 19.5. The molecule has 576 valence electrons. The SMILES string of the molecule is CO[C@@]1(CN2CCN(CC(=O)O)CC2)/C=C/C[C@H](C)[C@@H](C)S(=O)(=O)NC(=O)c2ccc3c(c2)N(C[C@@H]2CC[C@H]21)C[C@@]1(CCCc2cc(Cl)ccc21)CO3.CO[C@@]1(CN2CCN(CC(C)=O)CC2)/C=C/C[C@H](C)[C@@H](C)S(=O)(=O)NC(=O)c2ccc3c(c2)N(C[C@@H]2CC[C@H]21)C[C@@]1(CCCc2cc(Cl)ccc21)CO3. The van der Waals surface area contributed by atoms with Crippen molar-refractivity contribution in [2.45, 2.75) is 144 Å². The van der Waals surface area contributed by atoms with Gasteiger partial charge in [-0.05, 0) is 216 Å². The average molecular weight is 1540 g/mol. The van der Waals surface area contributed by atoms with Gasteiger partial charge in [-0.2, -0.15) is 0 Å². The molecular weight excluding hydrogens is 1430 g/mol. The fourth-order valence-electron chi connectivity index (χ4n) is 19.0. The number of rotatable bonds is 10. The minimum Gasteiger partial charge on any atom is -0.490 e. The number of halogens is 2. The minimum atomic E-state index is -3.99. The summed E-state index contributed by atoms with van der Waals surface area (Å²) < 4.78 is 85.7. The quantitative estimate of drug-likeness (QED) is 0.125. The van der Waals surface area contributed by atoms with Crippen LogP contribution in [0, 0.1) is 35.5 Å². The number of amides is 2. The number of fused-ring (bicyclic) bond motifs is 8. The van der Waals surface area contributed by atoms with Gasteiger partial charge in [-0.15, -0.1) is 0 Å². The van der Waals surface area contributed by atoms with E-state index in [1.807, 2.05) is 56.2 Å². The van der Waals surface area contributed by atoms with Gasteiger partial charge in [0.05, 0.1) is 48.2 Å². The van der Waals surface area contributed by atoms with Crippen molar-refractivity contribution < 1.29 is 60.1 Å². The molecule has 12 atom stereocenters. The van der Waals surface area contributed by atoms with Crippen molar-refractivity contribution in [1.29, 1.82) is 0 Å². The number of nitrogens with one attached hydrogen (secondary N) is 2. The summed E-state index contributed by atoms with van der Waals surface area (Å²) in [5.41, 5.74) is 5.39. The van der Waals surface area contributed by atoms with Gasteiger partial charge in [0, 0.05) is 138 Å². The van der Waals surface area contributed by atoms with Gasteiger partial charge in [-0.3, -0.25) is 38.8 Å². The Morgan fingerprint density at radius 1 is 0.566 bits per heavy atom. The molecule has 4 aliphatic carbocycles. The van der Waals surface area contributed by atoms with Gasteiger partial charge < -0.3 is 33.9 Å². The highest BCUT2D eigenvalue weighted by molar-refractivity contribution is 7.91. The Bertz CT molecular complexity index is 3960. The van der Waals surface area contributed by atoms with Gasteiger partial charge in [-0.1, -0.05) is 73.5 Å². The Morgan fingerprint density at radius 2 is 0.972 bits per heavy atom. The Balaban J connectivity index is 0.000000188. The van der Waals surface area contributed by atoms with Crippen molar-refractivity contribution in [3.63, 3.8) is 0 Å². The van der Waals surface area contributed by atoms with Gasteiger partial charge in [0.15, 0.2) is 0 Å². The maximum atomic E-state index is 13.6. The first-order chi connectivity index (χ1) is 50.6. The molecule has 4 aromatic rings. The van der Waals surface area contributed by atoms with E-state index in [9.17, 15) is 41.1 Å². The number of aliphatic carboxylic acids is 1. The van der Waals surface area contributed by atoms with E-state index >= 15 is 0 Å². The number of carboxylic acids is 1. The minimum absolute atomic E-state index is 0.0367. The second-order valence-electron chi connectivity index (χ2n) is 32.6. The molecule has 2 amide bonds. The van der Waals surface area contributed by atoms with Crippen molar-refractivity contribution in [3.8, 4) is 11.5 Å². The number of carbonyl (C=O) groups excluding carboxylic acids is 3. The van der Waals surface area contributed by atoms with E-state index in [1.165, 1.54) is 22.3 Å². The molecule has 4 bridgehead atoms. The van der Waals surface area contributed by atoms with E-state index in [2.05, 4.69) is 82.5 Å². The first kappa shape index (κ1) is 78.0. The number of hydrogen-bond donors (Lipinski definition) is 3. The van der Waals surface area contributed by atoms with Crippen LogP contribution in [0.1, 0.15) is 142 Å². The number of methoxy groups -OCH3 is 2. The lowest BCUT2D eigenvalue weighted by molar-refractivity contribution is -0.139. The molecule has 4 fully saturated rings. The van der Waals surface area contributed by atoms with Crippen LogP contribution in [-0.4, -0.2) is 219 Å². The second-order valence-corrected chi connectivity index (χ2v) is 37.5. The van der Waals surface area contributed by atoms with Crippen molar-refractivity contribution in [2.75, 3.05) is 142 Å². The second kappa shape index (κ2) is 32.1. The number of ketones is 1. The summed E-state index contributed by atoms with van der Waals surface area (Å²) in [7, 11) is -4.37. The third kappa shape index (κ3) is 16.5. The summed E-state index contributed by atoms with van der Waals surface area (Å²) >= 11 is 13.0. The molecule has 2 saturated heterocycles. The Kier molecular flexibility index (Phi) is 23.6. The zero-order valence-electron chi connectivity index (χ0n) is 62.7. The lowest BCUT2D eigenvalue weighted by Gasteiger charge is -2.52. The molecule has 10 aliphatic rings. The number of sulfonamides is 2. The molecule has 4 aromatic carbocycles. The predicted octanol–water partition coefficient (Wildman–Crippen LogP) is 10.4. The van der Waals surface area contributed by atoms with Crippen molar-refractivity contribution in [2.24, 2.45) is 35.5 Å². The van der Waals surface area contributed by atoms with E-state index in [1.54, 1.807) is 46.1 Å². The van der Waals surface area contributed by atoms with E-state index in [0.717, 1.165) is 138 Å². The van der Waals surface area contributed by atoms with E-state index in [4.69, 9.17) is 42.1 Å². The summed E-state index contributed by atoms with van der Waals surface area (Å²) in [5.74, 6) is -0.0709.